The Morgan fingerprint density at radius 1 is 1.31 bits per heavy atom. The molecule has 5 heteroatoms. The van der Waals surface area contributed by atoms with Gasteiger partial charge in [-0.3, -0.25) is 0 Å². The monoisotopic (exact) mass is 223 g/mol. The standard InChI is InChI=1S/C11H21N5/c1-5-7(2)9(4)15-10-8(3)11(16-12)14-6-13-10/h6-7,9H,5,12H2,1-4H3,(H2,13,14,15,16). The Morgan fingerprint density at radius 3 is 2.50 bits per heavy atom. The number of hydrogen-bond donors (Lipinski definition) is 3. The molecular formula is C11H21N5. The first-order valence-corrected chi connectivity index (χ1v) is 5.64. The first-order valence-electron chi connectivity index (χ1n) is 5.64. The van der Waals surface area contributed by atoms with Crippen molar-refractivity contribution in [1.82, 2.24) is 9.97 Å². The molecule has 1 aromatic rings. The molecule has 4 N–H and O–H groups in total. The zero-order chi connectivity index (χ0) is 12.1. The maximum Gasteiger partial charge on any atom is 0.148 e. The van der Waals surface area contributed by atoms with Crippen molar-refractivity contribution in [3.63, 3.8) is 0 Å². The largest absolute Gasteiger partial charge is 0.367 e. The Morgan fingerprint density at radius 2 is 1.94 bits per heavy atom. The van der Waals surface area contributed by atoms with Crippen molar-refractivity contribution in [3.8, 4) is 0 Å². The molecule has 0 bridgehead atoms. The van der Waals surface area contributed by atoms with Crippen molar-refractivity contribution in [2.45, 2.75) is 40.2 Å². The first-order chi connectivity index (χ1) is 7.60. The fraction of sp³-hybridized carbons (Fsp3) is 0.636. The zero-order valence-corrected chi connectivity index (χ0v) is 10.4. The molecule has 0 aromatic carbocycles. The van der Waals surface area contributed by atoms with Crippen molar-refractivity contribution >= 4 is 11.6 Å². The average molecular weight is 223 g/mol. The van der Waals surface area contributed by atoms with Gasteiger partial charge in [-0.05, 0) is 19.8 Å². The molecule has 2 unspecified atom stereocenters. The van der Waals surface area contributed by atoms with Crippen LogP contribution in [0.25, 0.3) is 0 Å². The summed E-state index contributed by atoms with van der Waals surface area (Å²) in [5.41, 5.74) is 3.51. The quantitative estimate of drug-likeness (QED) is 0.525. The smallest absolute Gasteiger partial charge is 0.148 e. The third kappa shape index (κ3) is 2.82. The molecular weight excluding hydrogens is 202 g/mol. The van der Waals surface area contributed by atoms with Gasteiger partial charge in [0.05, 0.1) is 0 Å². The lowest BCUT2D eigenvalue weighted by molar-refractivity contribution is 0.493. The molecule has 2 atom stereocenters. The molecule has 90 valence electrons. The second-order valence-corrected chi connectivity index (χ2v) is 4.16. The predicted octanol–water partition coefficient (Wildman–Crippen LogP) is 1.92. The van der Waals surface area contributed by atoms with Crippen LogP contribution in [0.15, 0.2) is 6.33 Å². The van der Waals surface area contributed by atoms with Crippen molar-refractivity contribution in [2.24, 2.45) is 11.8 Å². The van der Waals surface area contributed by atoms with Crippen molar-refractivity contribution < 1.29 is 0 Å². The highest BCUT2D eigenvalue weighted by molar-refractivity contribution is 5.56. The molecule has 1 rings (SSSR count). The normalized spacial score (nSPS) is 14.3. The molecule has 1 heterocycles. The fourth-order valence-corrected chi connectivity index (χ4v) is 1.45. The molecule has 0 saturated heterocycles. The van der Waals surface area contributed by atoms with Crippen LogP contribution in [0.1, 0.15) is 32.8 Å². The van der Waals surface area contributed by atoms with E-state index >= 15 is 0 Å². The van der Waals surface area contributed by atoms with Crippen LogP contribution in [0, 0.1) is 12.8 Å². The summed E-state index contributed by atoms with van der Waals surface area (Å²) >= 11 is 0. The van der Waals surface area contributed by atoms with Gasteiger partial charge in [-0.15, -0.1) is 0 Å². The van der Waals surface area contributed by atoms with Crippen LogP contribution in [-0.4, -0.2) is 16.0 Å². The number of rotatable bonds is 5. The molecule has 1 aromatic heterocycles. The van der Waals surface area contributed by atoms with Crippen LogP contribution in [0.5, 0.6) is 0 Å². The Labute approximate surface area is 96.8 Å². The van der Waals surface area contributed by atoms with E-state index in [2.05, 4.69) is 41.5 Å². The second-order valence-electron chi connectivity index (χ2n) is 4.16. The SMILES string of the molecule is CCC(C)C(C)Nc1ncnc(NN)c1C. The van der Waals surface area contributed by atoms with Crippen LogP contribution >= 0.6 is 0 Å². The molecule has 0 radical (unpaired) electrons. The van der Waals surface area contributed by atoms with Gasteiger partial charge in [0.15, 0.2) is 0 Å². The lowest BCUT2D eigenvalue weighted by Gasteiger charge is -2.21. The van der Waals surface area contributed by atoms with Crippen LogP contribution in [0.3, 0.4) is 0 Å². The summed E-state index contributed by atoms with van der Waals surface area (Å²) in [6.07, 6.45) is 2.65. The fourth-order valence-electron chi connectivity index (χ4n) is 1.45. The topological polar surface area (TPSA) is 75.9 Å². The van der Waals surface area contributed by atoms with E-state index in [0.717, 1.165) is 17.8 Å². The van der Waals surface area contributed by atoms with Crippen molar-refractivity contribution in [2.75, 3.05) is 10.7 Å². The number of nitrogens with one attached hydrogen (secondary N) is 2. The van der Waals surface area contributed by atoms with E-state index in [1.807, 2.05) is 6.92 Å². The van der Waals surface area contributed by atoms with Crippen LogP contribution in [-0.2, 0) is 0 Å². The summed E-state index contributed by atoms with van der Waals surface area (Å²) in [5, 5.41) is 3.39. The summed E-state index contributed by atoms with van der Waals surface area (Å²) in [4.78, 5) is 8.27. The van der Waals surface area contributed by atoms with Gasteiger partial charge in [0, 0.05) is 11.6 Å². The summed E-state index contributed by atoms with van der Waals surface area (Å²) in [6, 6.07) is 0.379. The number of anilines is 2. The number of hydrazine groups is 1. The van der Waals surface area contributed by atoms with Crippen LogP contribution in [0.2, 0.25) is 0 Å². The third-order valence-corrected chi connectivity index (χ3v) is 3.08. The number of hydrogen-bond acceptors (Lipinski definition) is 5. The predicted molar refractivity (Wildman–Crippen MR) is 67.1 cm³/mol. The van der Waals surface area contributed by atoms with E-state index in [0.29, 0.717) is 17.8 Å². The number of nitrogens with zero attached hydrogens (tertiary/aromatic N) is 2. The van der Waals surface area contributed by atoms with Gasteiger partial charge in [0.2, 0.25) is 0 Å². The number of aromatic nitrogens is 2. The maximum atomic E-state index is 5.37. The molecule has 0 amide bonds. The Kier molecular flexibility index (Phi) is 4.49. The van der Waals surface area contributed by atoms with Crippen molar-refractivity contribution in [1.29, 1.82) is 0 Å². The number of nitrogens with two attached hydrogens (primary N) is 1. The molecule has 0 aliphatic heterocycles. The van der Waals surface area contributed by atoms with E-state index in [-0.39, 0.29) is 0 Å². The minimum Gasteiger partial charge on any atom is -0.367 e. The lowest BCUT2D eigenvalue weighted by atomic mass is 10.0. The minimum atomic E-state index is 0.379. The molecule has 0 aliphatic rings. The van der Waals surface area contributed by atoms with E-state index in [1.54, 1.807) is 0 Å². The zero-order valence-electron chi connectivity index (χ0n) is 10.4. The number of nitrogen functional groups attached to an aromatic ring is 1. The van der Waals surface area contributed by atoms with Crippen molar-refractivity contribution in [3.05, 3.63) is 11.9 Å². The van der Waals surface area contributed by atoms with Gasteiger partial charge in [-0.25, -0.2) is 15.8 Å². The van der Waals surface area contributed by atoms with Crippen LogP contribution < -0.4 is 16.6 Å². The van der Waals surface area contributed by atoms with Gasteiger partial charge in [-0.2, -0.15) is 0 Å². The summed E-state index contributed by atoms with van der Waals surface area (Å²) in [7, 11) is 0. The Hall–Kier alpha value is -1.36. The van der Waals surface area contributed by atoms with E-state index in [1.165, 1.54) is 6.33 Å². The lowest BCUT2D eigenvalue weighted by Crippen LogP contribution is -2.24. The molecule has 16 heavy (non-hydrogen) atoms. The highest BCUT2D eigenvalue weighted by Crippen LogP contribution is 2.20. The van der Waals surface area contributed by atoms with E-state index in [9.17, 15) is 0 Å². The highest BCUT2D eigenvalue weighted by atomic mass is 15.3. The molecule has 0 aliphatic carbocycles. The molecule has 0 fully saturated rings. The molecule has 0 saturated carbocycles. The third-order valence-electron chi connectivity index (χ3n) is 3.08. The molecule has 0 spiro atoms. The highest BCUT2D eigenvalue weighted by Gasteiger charge is 2.13. The maximum absolute atomic E-state index is 5.37. The molecule has 5 nitrogen and oxygen atoms in total. The Bertz CT molecular complexity index is 339. The van der Waals surface area contributed by atoms with E-state index < -0.39 is 0 Å². The van der Waals surface area contributed by atoms with Gasteiger partial charge >= 0.3 is 0 Å². The minimum absolute atomic E-state index is 0.379. The summed E-state index contributed by atoms with van der Waals surface area (Å²) in [6.45, 7) is 8.50. The summed E-state index contributed by atoms with van der Waals surface area (Å²) in [5.74, 6) is 7.47. The van der Waals surface area contributed by atoms with Gasteiger partial charge in [-0.1, -0.05) is 20.3 Å². The van der Waals surface area contributed by atoms with Gasteiger partial charge < -0.3 is 10.7 Å². The summed E-state index contributed by atoms with van der Waals surface area (Å²) < 4.78 is 0. The average Bonchev–Trinajstić information content (AvgIpc) is 2.30. The second kappa shape index (κ2) is 5.65. The van der Waals surface area contributed by atoms with Gasteiger partial charge in [0.25, 0.3) is 0 Å². The Balaban J connectivity index is 2.81. The first kappa shape index (κ1) is 12.7. The van der Waals surface area contributed by atoms with Gasteiger partial charge in [0.1, 0.15) is 18.0 Å². The van der Waals surface area contributed by atoms with Crippen LogP contribution in [0.4, 0.5) is 11.6 Å². The van der Waals surface area contributed by atoms with E-state index in [4.69, 9.17) is 5.84 Å².